The van der Waals surface area contributed by atoms with Crippen LogP contribution in [0.5, 0.6) is 0 Å². The van der Waals surface area contributed by atoms with E-state index in [1.54, 1.807) is 4.68 Å². The minimum atomic E-state index is -0.378. The highest BCUT2D eigenvalue weighted by Crippen LogP contribution is 2.19. The van der Waals surface area contributed by atoms with E-state index in [0.29, 0.717) is 10.9 Å². The fourth-order valence-electron chi connectivity index (χ4n) is 2.54. The van der Waals surface area contributed by atoms with Gasteiger partial charge in [-0.1, -0.05) is 29.5 Å². The third kappa shape index (κ3) is 4.51. The van der Waals surface area contributed by atoms with Crippen molar-refractivity contribution >= 4 is 11.8 Å². The Bertz CT molecular complexity index is 613. The van der Waals surface area contributed by atoms with Gasteiger partial charge in [-0.15, -0.1) is 5.10 Å². The zero-order chi connectivity index (χ0) is 16.1. The highest BCUT2D eigenvalue weighted by Gasteiger charge is 2.19. The molecule has 2 aromatic rings. The van der Waals surface area contributed by atoms with Crippen molar-refractivity contribution in [3.63, 3.8) is 0 Å². The molecule has 1 atom stereocenters. The molecular weight excluding hydrogens is 314 g/mol. The Morgan fingerprint density at radius 3 is 2.78 bits per heavy atom. The molecule has 1 saturated heterocycles. The lowest BCUT2D eigenvalue weighted by Gasteiger charge is -2.25. The van der Waals surface area contributed by atoms with Gasteiger partial charge >= 0.3 is 0 Å². The van der Waals surface area contributed by atoms with Gasteiger partial charge in [0.2, 0.25) is 5.16 Å². The largest absolute Gasteiger partial charge is 0.386 e. The standard InChI is InChI=1S/C15H21N5O2S/c1-12-2-4-13(5-3-12)20-15(16-17-18-20)23-11-14(21)10-19-6-8-22-9-7-19/h2-5,14,21H,6-11H2,1H3/p+1/t14-/m0/s1. The summed E-state index contributed by atoms with van der Waals surface area (Å²) in [6, 6.07) is 8.04. The summed E-state index contributed by atoms with van der Waals surface area (Å²) in [4.78, 5) is 1.39. The van der Waals surface area contributed by atoms with Gasteiger partial charge in [0.1, 0.15) is 25.7 Å². The number of aromatic nitrogens is 4. The summed E-state index contributed by atoms with van der Waals surface area (Å²) in [6.07, 6.45) is -0.378. The molecular formula is C15H22N5O2S+. The first-order chi connectivity index (χ1) is 11.2. The quantitative estimate of drug-likeness (QED) is 0.682. The minimum absolute atomic E-state index is 0.378. The third-order valence-electron chi connectivity index (χ3n) is 3.85. The molecule has 2 N–H and O–H groups in total. The van der Waals surface area contributed by atoms with E-state index in [4.69, 9.17) is 4.74 Å². The molecule has 1 aliphatic rings. The number of rotatable bonds is 6. The molecule has 0 unspecified atom stereocenters. The number of morpholine rings is 1. The maximum Gasteiger partial charge on any atom is 0.214 e. The fourth-order valence-corrected chi connectivity index (χ4v) is 3.36. The van der Waals surface area contributed by atoms with Crippen LogP contribution >= 0.6 is 11.8 Å². The van der Waals surface area contributed by atoms with E-state index in [0.717, 1.165) is 38.5 Å². The van der Waals surface area contributed by atoms with Crippen molar-refractivity contribution in [2.24, 2.45) is 0 Å². The van der Waals surface area contributed by atoms with E-state index >= 15 is 0 Å². The number of nitrogens with zero attached hydrogens (tertiary/aromatic N) is 4. The first-order valence-electron chi connectivity index (χ1n) is 7.80. The van der Waals surface area contributed by atoms with Crippen molar-refractivity contribution in [1.29, 1.82) is 0 Å². The summed E-state index contributed by atoms with van der Waals surface area (Å²) < 4.78 is 7.04. The summed E-state index contributed by atoms with van der Waals surface area (Å²) >= 11 is 1.48. The van der Waals surface area contributed by atoms with Crippen molar-refractivity contribution in [3.05, 3.63) is 29.8 Å². The lowest BCUT2D eigenvalue weighted by Crippen LogP contribution is -3.15. The molecule has 2 heterocycles. The number of quaternary nitrogens is 1. The van der Waals surface area contributed by atoms with Crippen LogP contribution in [0, 0.1) is 6.92 Å². The number of hydrogen-bond acceptors (Lipinski definition) is 6. The molecule has 7 nitrogen and oxygen atoms in total. The van der Waals surface area contributed by atoms with Crippen molar-refractivity contribution in [1.82, 2.24) is 20.2 Å². The van der Waals surface area contributed by atoms with E-state index in [2.05, 4.69) is 15.5 Å². The Morgan fingerprint density at radius 1 is 1.30 bits per heavy atom. The number of benzene rings is 1. The Labute approximate surface area is 139 Å². The molecule has 124 valence electrons. The summed E-state index contributed by atoms with van der Waals surface area (Å²) in [5.41, 5.74) is 2.12. The molecule has 8 heteroatoms. The molecule has 3 rings (SSSR count). The van der Waals surface area contributed by atoms with Gasteiger partial charge in [0.05, 0.1) is 18.9 Å². The van der Waals surface area contributed by atoms with Gasteiger partial charge in [-0.2, -0.15) is 4.68 Å². The van der Waals surface area contributed by atoms with Gasteiger partial charge in [0.25, 0.3) is 0 Å². The zero-order valence-corrected chi connectivity index (χ0v) is 14.0. The summed E-state index contributed by atoms with van der Waals surface area (Å²) in [6.45, 7) is 6.26. The maximum absolute atomic E-state index is 10.2. The van der Waals surface area contributed by atoms with Crippen LogP contribution in [0.15, 0.2) is 29.4 Å². The molecule has 0 aliphatic carbocycles. The topological polar surface area (TPSA) is 77.5 Å². The molecule has 1 aliphatic heterocycles. The van der Waals surface area contributed by atoms with E-state index in [1.807, 2.05) is 31.2 Å². The van der Waals surface area contributed by atoms with E-state index in [9.17, 15) is 5.11 Å². The lowest BCUT2D eigenvalue weighted by atomic mass is 10.2. The number of ether oxygens (including phenoxy) is 1. The lowest BCUT2D eigenvalue weighted by molar-refractivity contribution is -0.910. The van der Waals surface area contributed by atoms with Crippen LogP contribution in [0.4, 0.5) is 0 Å². The zero-order valence-electron chi connectivity index (χ0n) is 13.2. The molecule has 1 aromatic carbocycles. The Morgan fingerprint density at radius 2 is 2.04 bits per heavy atom. The normalized spacial score (nSPS) is 17.3. The summed E-state index contributed by atoms with van der Waals surface area (Å²) in [5.74, 6) is 0.580. The molecule has 0 bridgehead atoms. The number of aryl methyl sites for hydroxylation is 1. The van der Waals surface area contributed by atoms with Gasteiger partial charge in [-0.05, 0) is 29.5 Å². The van der Waals surface area contributed by atoms with E-state index in [-0.39, 0.29) is 6.10 Å². The highest BCUT2D eigenvalue weighted by atomic mass is 32.2. The highest BCUT2D eigenvalue weighted by molar-refractivity contribution is 7.99. The number of thioether (sulfide) groups is 1. The Balaban J connectivity index is 1.56. The average molecular weight is 336 g/mol. The van der Waals surface area contributed by atoms with Crippen molar-refractivity contribution in [2.45, 2.75) is 18.2 Å². The second-order valence-electron chi connectivity index (χ2n) is 5.74. The van der Waals surface area contributed by atoms with Crippen LogP contribution in [-0.4, -0.2) is 70.0 Å². The second kappa shape index (κ2) is 7.87. The van der Waals surface area contributed by atoms with Gasteiger partial charge in [0, 0.05) is 5.75 Å². The van der Waals surface area contributed by atoms with Crippen molar-refractivity contribution in [3.8, 4) is 5.69 Å². The Kier molecular flexibility index (Phi) is 5.60. The second-order valence-corrected chi connectivity index (χ2v) is 6.73. The first kappa shape index (κ1) is 16.4. The smallest absolute Gasteiger partial charge is 0.214 e. The number of nitrogens with one attached hydrogen (secondary N) is 1. The monoisotopic (exact) mass is 336 g/mol. The molecule has 23 heavy (non-hydrogen) atoms. The van der Waals surface area contributed by atoms with Gasteiger partial charge in [-0.3, -0.25) is 0 Å². The summed E-state index contributed by atoms with van der Waals surface area (Å²) in [5, 5.41) is 22.8. The maximum atomic E-state index is 10.2. The predicted molar refractivity (Wildman–Crippen MR) is 87.0 cm³/mol. The van der Waals surface area contributed by atoms with Crippen LogP contribution in [0.25, 0.3) is 5.69 Å². The van der Waals surface area contributed by atoms with Crippen LogP contribution in [-0.2, 0) is 4.74 Å². The van der Waals surface area contributed by atoms with Crippen molar-refractivity contribution < 1.29 is 14.7 Å². The first-order valence-corrected chi connectivity index (χ1v) is 8.78. The number of hydrogen-bond donors (Lipinski definition) is 2. The van der Waals surface area contributed by atoms with E-state index in [1.165, 1.54) is 22.2 Å². The van der Waals surface area contributed by atoms with Crippen molar-refractivity contribution in [2.75, 3.05) is 38.6 Å². The molecule has 0 amide bonds. The van der Waals surface area contributed by atoms with Gasteiger partial charge in [-0.25, -0.2) is 0 Å². The van der Waals surface area contributed by atoms with Gasteiger partial charge < -0.3 is 14.7 Å². The Hall–Kier alpha value is -1.48. The summed E-state index contributed by atoms with van der Waals surface area (Å²) in [7, 11) is 0. The van der Waals surface area contributed by atoms with Crippen LogP contribution in [0.2, 0.25) is 0 Å². The fraction of sp³-hybridized carbons (Fsp3) is 0.533. The molecule has 0 spiro atoms. The van der Waals surface area contributed by atoms with Crippen LogP contribution < -0.4 is 4.90 Å². The SMILES string of the molecule is Cc1ccc(-n2nnnc2SC[C@@H](O)C[NH+]2CCOCC2)cc1. The predicted octanol–water partition coefficient (Wildman–Crippen LogP) is -0.661. The molecule has 0 radical (unpaired) electrons. The van der Waals surface area contributed by atoms with Crippen LogP contribution in [0.1, 0.15) is 5.56 Å². The number of aliphatic hydroxyl groups is 1. The minimum Gasteiger partial charge on any atom is -0.386 e. The van der Waals surface area contributed by atoms with Crippen LogP contribution in [0.3, 0.4) is 0 Å². The molecule has 1 fully saturated rings. The van der Waals surface area contributed by atoms with E-state index < -0.39 is 0 Å². The number of aliphatic hydroxyl groups excluding tert-OH is 1. The average Bonchev–Trinajstić information content (AvgIpc) is 3.03. The molecule has 1 aromatic heterocycles. The third-order valence-corrected chi connectivity index (χ3v) is 4.91. The van der Waals surface area contributed by atoms with Gasteiger partial charge in [0.15, 0.2) is 0 Å². The molecule has 0 saturated carbocycles. The number of tetrazole rings is 1.